The Balaban J connectivity index is 2.04. The van der Waals surface area contributed by atoms with Crippen LogP contribution < -0.4 is 0 Å². The van der Waals surface area contributed by atoms with Gasteiger partial charge in [-0.3, -0.25) is 9.59 Å². The molecule has 0 bridgehead atoms. The third-order valence-corrected chi connectivity index (χ3v) is 5.63. The van der Waals surface area contributed by atoms with E-state index in [1.54, 1.807) is 22.3 Å². The predicted octanol–water partition coefficient (Wildman–Crippen LogP) is 5.26. The highest BCUT2D eigenvalue weighted by Gasteiger charge is 2.21. The average molecular weight is 413 g/mol. The lowest BCUT2D eigenvalue weighted by molar-refractivity contribution is -0.140. The molecule has 0 N–H and O–H groups in total. The Morgan fingerprint density at radius 2 is 1.76 bits per heavy atom. The molecule has 29 heavy (non-hydrogen) atoms. The monoisotopic (exact) mass is 412 g/mol. The first-order valence-electron chi connectivity index (χ1n) is 10.4. The highest BCUT2D eigenvalue weighted by Crippen LogP contribution is 2.15. The smallest absolute Gasteiger partial charge is 0.242 e. The fourth-order valence-electron chi connectivity index (χ4n) is 3.16. The zero-order chi connectivity index (χ0) is 20.9. The maximum Gasteiger partial charge on any atom is 0.242 e. The summed E-state index contributed by atoms with van der Waals surface area (Å²) in [4.78, 5) is 30.4. The Kier molecular flexibility index (Phi) is 10.2. The van der Waals surface area contributed by atoms with Gasteiger partial charge in [-0.25, -0.2) is 0 Å². The minimum Gasteiger partial charge on any atom is -0.332 e. The standard InChI is InChI=1S/C24H32N2O2S/c1-3-5-6-10-15-23(27)25(16-4-2)20-24(28)26(19-22-14-11-17-29-22)18-21-12-8-7-9-13-21/h4,7-9,11-14,17H,2-3,5-6,10,15-16,18-20H2,1H3. The van der Waals surface area contributed by atoms with Crippen LogP contribution in [-0.2, 0) is 22.7 Å². The fourth-order valence-corrected chi connectivity index (χ4v) is 3.88. The third-order valence-electron chi connectivity index (χ3n) is 4.77. The summed E-state index contributed by atoms with van der Waals surface area (Å²) in [5.74, 6) is -0.00357. The van der Waals surface area contributed by atoms with Crippen molar-refractivity contribution in [3.05, 3.63) is 70.9 Å². The molecule has 0 unspecified atom stereocenters. The number of benzene rings is 1. The SMILES string of the molecule is C=CCN(CC(=O)N(Cc1ccccc1)Cc1cccs1)C(=O)CCCCCC. The second-order valence-electron chi connectivity index (χ2n) is 7.19. The Morgan fingerprint density at radius 3 is 2.41 bits per heavy atom. The molecule has 156 valence electrons. The maximum atomic E-state index is 13.1. The molecule has 0 radical (unpaired) electrons. The summed E-state index contributed by atoms with van der Waals surface area (Å²) in [7, 11) is 0. The lowest BCUT2D eigenvalue weighted by Crippen LogP contribution is -2.42. The molecule has 0 atom stereocenters. The van der Waals surface area contributed by atoms with Gasteiger partial charge >= 0.3 is 0 Å². The average Bonchev–Trinajstić information content (AvgIpc) is 3.24. The number of amides is 2. The summed E-state index contributed by atoms with van der Waals surface area (Å²) < 4.78 is 0. The number of nitrogens with zero attached hydrogens (tertiary/aromatic N) is 2. The first kappa shape index (κ1) is 22.9. The molecule has 2 amide bonds. The molecule has 1 heterocycles. The molecular formula is C24H32N2O2S. The van der Waals surface area contributed by atoms with Crippen molar-refractivity contribution in [2.75, 3.05) is 13.1 Å². The molecule has 2 aromatic rings. The lowest BCUT2D eigenvalue weighted by atomic mass is 10.1. The Bertz CT molecular complexity index is 744. The molecule has 0 fully saturated rings. The van der Waals surface area contributed by atoms with Crippen LogP contribution in [0.15, 0.2) is 60.5 Å². The van der Waals surface area contributed by atoms with E-state index in [9.17, 15) is 9.59 Å². The zero-order valence-corrected chi connectivity index (χ0v) is 18.2. The molecule has 5 heteroatoms. The second kappa shape index (κ2) is 12.9. The van der Waals surface area contributed by atoms with Crippen molar-refractivity contribution in [2.45, 2.75) is 52.1 Å². The van der Waals surface area contributed by atoms with Crippen LogP contribution in [0.2, 0.25) is 0 Å². The molecule has 0 aliphatic heterocycles. The lowest BCUT2D eigenvalue weighted by Gasteiger charge is -2.27. The number of carbonyl (C=O) groups is 2. The Labute approximate surface area is 178 Å². The van der Waals surface area contributed by atoms with Crippen molar-refractivity contribution < 1.29 is 9.59 Å². The number of hydrogen-bond acceptors (Lipinski definition) is 3. The van der Waals surface area contributed by atoms with E-state index in [-0.39, 0.29) is 18.4 Å². The van der Waals surface area contributed by atoms with Gasteiger partial charge in [0.25, 0.3) is 0 Å². The highest BCUT2D eigenvalue weighted by molar-refractivity contribution is 7.09. The largest absolute Gasteiger partial charge is 0.332 e. The zero-order valence-electron chi connectivity index (χ0n) is 17.4. The van der Waals surface area contributed by atoms with Gasteiger partial charge in [-0.2, -0.15) is 0 Å². The number of hydrogen-bond donors (Lipinski definition) is 0. The first-order valence-corrected chi connectivity index (χ1v) is 11.2. The highest BCUT2D eigenvalue weighted by atomic mass is 32.1. The van der Waals surface area contributed by atoms with Crippen LogP contribution in [0.3, 0.4) is 0 Å². The predicted molar refractivity (Wildman–Crippen MR) is 121 cm³/mol. The molecule has 2 rings (SSSR count). The molecule has 1 aromatic heterocycles. The van der Waals surface area contributed by atoms with E-state index in [2.05, 4.69) is 13.5 Å². The van der Waals surface area contributed by atoms with Gasteiger partial charge in [-0.1, -0.05) is 68.7 Å². The van der Waals surface area contributed by atoms with Gasteiger partial charge in [0.1, 0.15) is 6.54 Å². The molecular weight excluding hydrogens is 380 g/mol. The summed E-state index contributed by atoms with van der Waals surface area (Å²) in [5.41, 5.74) is 1.08. The van der Waals surface area contributed by atoms with Gasteiger partial charge in [0, 0.05) is 24.4 Å². The van der Waals surface area contributed by atoms with Gasteiger partial charge in [0.05, 0.1) is 6.54 Å². The van der Waals surface area contributed by atoms with Gasteiger partial charge in [0.15, 0.2) is 0 Å². The Morgan fingerprint density at radius 1 is 0.966 bits per heavy atom. The quantitative estimate of drug-likeness (QED) is 0.332. The molecule has 0 aliphatic rings. The number of thiophene rings is 1. The first-order chi connectivity index (χ1) is 14.1. The summed E-state index contributed by atoms with van der Waals surface area (Å²) in [6, 6.07) is 14.0. The van der Waals surface area contributed by atoms with Crippen LogP contribution in [0, 0.1) is 0 Å². The third kappa shape index (κ3) is 8.24. The summed E-state index contributed by atoms with van der Waals surface area (Å²) in [6.45, 7) is 7.49. The second-order valence-corrected chi connectivity index (χ2v) is 8.22. The molecule has 0 saturated heterocycles. The minimum atomic E-state index is -0.0361. The van der Waals surface area contributed by atoms with Crippen LogP contribution in [0.4, 0.5) is 0 Å². The van der Waals surface area contributed by atoms with Gasteiger partial charge in [0.2, 0.25) is 11.8 Å². The normalized spacial score (nSPS) is 10.5. The van der Waals surface area contributed by atoms with Crippen LogP contribution in [-0.4, -0.2) is 34.7 Å². The molecule has 0 aliphatic carbocycles. The van der Waals surface area contributed by atoms with E-state index in [1.807, 2.05) is 52.7 Å². The number of rotatable bonds is 13. The van der Waals surface area contributed by atoms with Crippen LogP contribution in [0.25, 0.3) is 0 Å². The van der Waals surface area contributed by atoms with Crippen LogP contribution >= 0.6 is 11.3 Å². The van der Waals surface area contributed by atoms with Gasteiger partial charge in [-0.15, -0.1) is 17.9 Å². The summed E-state index contributed by atoms with van der Waals surface area (Å²) in [5, 5.41) is 2.02. The van der Waals surface area contributed by atoms with Crippen molar-refractivity contribution in [3.8, 4) is 0 Å². The van der Waals surface area contributed by atoms with Crippen molar-refractivity contribution in [3.63, 3.8) is 0 Å². The minimum absolute atomic E-state index is 0.0325. The molecule has 0 spiro atoms. The summed E-state index contributed by atoms with van der Waals surface area (Å²) >= 11 is 1.64. The van der Waals surface area contributed by atoms with E-state index < -0.39 is 0 Å². The van der Waals surface area contributed by atoms with Gasteiger partial charge < -0.3 is 9.80 Å². The van der Waals surface area contributed by atoms with Crippen molar-refractivity contribution in [1.82, 2.24) is 9.80 Å². The molecule has 0 saturated carbocycles. The van der Waals surface area contributed by atoms with Crippen LogP contribution in [0.5, 0.6) is 0 Å². The van der Waals surface area contributed by atoms with Crippen molar-refractivity contribution >= 4 is 23.2 Å². The molecule has 4 nitrogen and oxygen atoms in total. The van der Waals surface area contributed by atoms with E-state index in [0.717, 1.165) is 36.1 Å². The van der Waals surface area contributed by atoms with E-state index in [0.29, 0.717) is 26.1 Å². The van der Waals surface area contributed by atoms with Crippen molar-refractivity contribution in [1.29, 1.82) is 0 Å². The topological polar surface area (TPSA) is 40.6 Å². The fraction of sp³-hybridized carbons (Fsp3) is 0.417. The van der Waals surface area contributed by atoms with E-state index in [1.165, 1.54) is 0 Å². The van der Waals surface area contributed by atoms with Crippen molar-refractivity contribution in [2.24, 2.45) is 0 Å². The van der Waals surface area contributed by atoms with Gasteiger partial charge in [-0.05, 0) is 23.4 Å². The maximum absolute atomic E-state index is 13.1. The van der Waals surface area contributed by atoms with E-state index >= 15 is 0 Å². The number of carbonyl (C=O) groups excluding carboxylic acids is 2. The van der Waals surface area contributed by atoms with Crippen LogP contribution in [0.1, 0.15) is 49.5 Å². The molecule has 1 aromatic carbocycles. The Hall–Kier alpha value is -2.40. The summed E-state index contributed by atoms with van der Waals surface area (Å²) in [6.07, 6.45) is 6.39. The number of unbranched alkanes of at least 4 members (excludes halogenated alkanes) is 3. The van der Waals surface area contributed by atoms with E-state index in [4.69, 9.17) is 0 Å².